The van der Waals surface area contributed by atoms with Crippen molar-refractivity contribution in [2.75, 3.05) is 0 Å². The van der Waals surface area contributed by atoms with Gasteiger partial charge in [-0.2, -0.15) is 5.10 Å². The zero-order valence-corrected chi connectivity index (χ0v) is 8.46. The van der Waals surface area contributed by atoms with Crippen molar-refractivity contribution in [2.45, 2.75) is 0 Å². The van der Waals surface area contributed by atoms with Crippen molar-refractivity contribution in [1.82, 2.24) is 9.78 Å². The molecule has 2 rings (SSSR count). The monoisotopic (exact) mass is 221 g/mol. The van der Waals surface area contributed by atoms with Gasteiger partial charge < -0.3 is 5.21 Å². The summed E-state index contributed by atoms with van der Waals surface area (Å²) >= 11 is 5.64. The summed E-state index contributed by atoms with van der Waals surface area (Å²) in [6, 6.07) is 9.59. The summed E-state index contributed by atoms with van der Waals surface area (Å²) in [6.45, 7) is 0. The first-order chi connectivity index (χ1) is 7.31. The smallest absolute Gasteiger partial charge is 0.178 e. The Morgan fingerprint density at radius 3 is 2.73 bits per heavy atom. The molecule has 76 valence electrons. The molecule has 1 aromatic carbocycles. The van der Waals surface area contributed by atoms with Crippen molar-refractivity contribution in [1.29, 1.82) is 0 Å². The standard InChI is InChI=1S/C10H8ClN3O/c11-10(13-15)8-6-12-14(7-8)9-4-2-1-3-5-9/h1-7,15H/b13-10+. The first-order valence-corrected chi connectivity index (χ1v) is 4.67. The van der Waals surface area contributed by atoms with Gasteiger partial charge in [0.15, 0.2) is 5.17 Å². The van der Waals surface area contributed by atoms with Crippen LogP contribution in [0.5, 0.6) is 0 Å². The molecule has 0 unspecified atom stereocenters. The molecule has 0 atom stereocenters. The predicted octanol–water partition coefficient (Wildman–Crippen LogP) is 2.25. The van der Waals surface area contributed by atoms with Gasteiger partial charge in [0.05, 0.1) is 17.4 Å². The highest BCUT2D eigenvalue weighted by Gasteiger charge is 2.04. The van der Waals surface area contributed by atoms with Gasteiger partial charge in [0.25, 0.3) is 0 Å². The molecule has 0 aliphatic heterocycles. The molecule has 0 saturated carbocycles. The van der Waals surface area contributed by atoms with Gasteiger partial charge in [-0.1, -0.05) is 35.0 Å². The minimum Gasteiger partial charge on any atom is -0.410 e. The Balaban J connectivity index is 2.36. The molecule has 2 aromatic rings. The van der Waals surface area contributed by atoms with Crippen LogP contribution in [0.15, 0.2) is 47.9 Å². The maximum atomic E-state index is 8.49. The summed E-state index contributed by atoms with van der Waals surface area (Å²) in [5.41, 5.74) is 1.49. The van der Waals surface area contributed by atoms with Crippen LogP contribution in [0, 0.1) is 0 Å². The van der Waals surface area contributed by atoms with Gasteiger partial charge in [-0.05, 0) is 12.1 Å². The van der Waals surface area contributed by atoms with Gasteiger partial charge in [0.2, 0.25) is 0 Å². The molecule has 0 bridgehead atoms. The number of nitrogens with zero attached hydrogens (tertiary/aromatic N) is 3. The van der Waals surface area contributed by atoms with Crippen LogP contribution in [0.25, 0.3) is 5.69 Å². The zero-order valence-electron chi connectivity index (χ0n) is 7.71. The zero-order chi connectivity index (χ0) is 10.7. The maximum Gasteiger partial charge on any atom is 0.178 e. The van der Waals surface area contributed by atoms with Crippen LogP contribution in [0.4, 0.5) is 0 Å². The van der Waals surface area contributed by atoms with Crippen molar-refractivity contribution in [3.8, 4) is 5.69 Å². The maximum absolute atomic E-state index is 8.49. The Labute approximate surface area is 91.4 Å². The lowest BCUT2D eigenvalue weighted by molar-refractivity contribution is 0.321. The fourth-order valence-corrected chi connectivity index (χ4v) is 1.31. The third-order valence-electron chi connectivity index (χ3n) is 1.93. The van der Waals surface area contributed by atoms with Gasteiger partial charge in [-0.3, -0.25) is 0 Å². The molecular weight excluding hydrogens is 214 g/mol. The van der Waals surface area contributed by atoms with E-state index in [4.69, 9.17) is 16.8 Å². The van der Waals surface area contributed by atoms with Gasteiger partial charge in [-0.25, -0.2) is 4.68 Å². The van der Waals surface area contributed by atoms with Crippen molar-refractivity contribution in [3.05, 3.63) is 48.3 Å². The van der Waals surface area contributed by atoms with Gasteiger partial charge >= 0.3 is 0 Å². The van der Waals surface area contributed by atoms with E-state index in [1.54, 1.807) is 10.9 Å². The minimum atomic E-state index is 0.0252. The fourth-order valence-electron chi connectivity index (χ4n) is 1.21. The Kier molecular flexibility index (Phi) is 2.69. The molecule has 0 spiro atoms. The Bertz CT molecular complexity index is 478. The number of hydrogen-bond acceptors (Lipinski definition) is 3. The lowest BCUT2D eigenvalue weighted by Crippen LogP contribution is -1.93. The summed E-state index contributed by atoms with van der Waals surface area (Å²) in [6.07, 6.45) is 3.23. The van der Waals surface area contributed by atoms with Crippen molar-refractivity contribution < 1.29 is 5.21 Å². The molecule has 0 saturated heterocycles. The first kappa shape index (κ1) is 9.73. The Morgan fingerprint density at radius 2 is 2.07 bits per heavy atom. The van der Waals surface area contributed by atoms with E-state index in [0.717, 1.165) is 5.69 Å². The van der Waals surface area contributed by atoms with E-state index in [9.17, 15) is 0 Å². The number of aromatic nitrogens is 2. The molecule has 1 aromatic heterocycles. The number of oxime groups is 1. The van der Waals surface area contributed by atoms with Gasteiger partial charge in [0, 0.05) is 6.20 Å². The van der Waals surface area contributed by atoms with Gasteiger partial charge in [0.1, 0.15) is 0 Å². The number of rotatable bonds is 2. The highest BCUT2D eigenvalue weighted by Crippen LogP contribution is 2.09. The molecule has 0 aliphatic carbocycles. The van der Waals surface area contributed by atoms with Gasteiger partial charge in [-0.15, -0.1) is 0 Å². The van der Waals surface area contributed by atoms with E-state index in [2.05, 4.69) is 10.3 Å². The molecule has 4 nitrogen and oxygen atoms in total. The molecule has 1 heterocycles. The molecular formula is C10H8ClN3O. The van der Waals surface area contributed by atoms with Crippen LogP contribution in [0.2, 0.25) is 0 Å². The second-order valence-corrected chi connectivity index (χ2v) is 3.26. The Morgan fingerprint density at radius 1 is 1.33 bits per heavy atom. The highest BCUT2D eigenvalue weighted by molar-refractivity contribution is 6.69. The molecule has 0 aliphatic rings. The lowest BCUT2D eigenvalue weighted by atomic mass is 10.3. The summed E-state index contributed by atoms with van der Waals surface area (Å²) in [5.74, 6) is 0. The van der Waals surface area contributed by atoms with Crippen LogP contribution in [-0.4, -0.2) is 20.2 Å². The van der Waals surface area contributed by atoms with E-state index < -0.39 is 0 Å². The van der Waals surface area contributed by atoms with E-state index in [-0.39, 0.29) is 5.17 Å². The Hall–Kier alpha value is -1.81. The molecule has 1 N–H and O–H groups in total. The van der Waals surface area contributed by atoms with Crippen molar-refractivity contribution >= 4 is 16.8 Å². The van der Waals surface area contributed by atoms with Crippen LogP contribution in [0.3, 0.4) is 0 Å². The third-order valence-corrected chi connectivity index (χ3v) is 2.22. The molecule has 0 amide bonds. The van der Waals surface area contributed by atoms with Crippen molar-refractivity contribution in [2.24, 2.45) is 5.16 Å². The number of para-hydroxylation sites is 1. The second-order valence-electron chi connectivity index (χ2n) is 2.90. The van der Waals surface area contributed by atoms with Crippen LogP contribution < -0.4 is 0 Å². The highest BCUT2D eigenvalue weighted by atomic mass is 35.5. The number of halogens is 1. The third kappa shape index (κ3) is 1.99. The molecule has 0 radical (unpaired) electrons. The fraction of sp³-hybridized carbons (Fsp3) is 0. The topological polar surface area (TPSA) is 50.4 Å². The van der Waals surface area contributed by atoms with E-state index >= 15 is 0 Å². The molecule has 15 heavy (non-hydrogen) atoms. The SMILES string of the molecule is O/N=C(/Cl)c1cnn(-c2ccccc2)c1. The van der Waals surface area contributed by atoms with Crippen LogP contribution in [-0.2, 0) is 0 Å². The van der Waals surface area contributed by atoms with E-state index in [1.165, 1.54) is 6.20 Å². The van der Waals surface area contributed by atoms with E-state index in [1.807, 2.05) is 30.3 Å². The van der Waals surface area contributed by atoms with Crippen LogP contribution >= 0.6 is 11.6 Å². The second kappa shape index (κ2) is 4.14. The quantitative estimate of drug-likeness (QED) is 0.480. The van der Waals surface area contributed by atoms with Crippen molar-refractivity contribution in [3.63, 3.8) is 0 Å². The van der Waals surface area contributed by atoms with E-state index in [0.29, 0.717) is 5.56 Å². The first-order valence-electron chi connectivity index (χ1n) is 4.29. The predicted molar refractivity (Wildman–Crippen MR) is 57.7 cm³/mol. The summed E-state index contributed by atoms with van der Waals surface area (Å²) in [7, 11) is 0. The minimum absolute atomic E-state index is 0.0252. The summed E-state index contributed by atoms with van der Waals surface area (Å²) < 4.78 is 1.66. The van der Waals surface area contributed by atoms with Crippen LogP contribution in [0.1, 0.15) is 5.56 Å². The normalized spacial score (nSPS) is 11.7. The average Bonchev–Trinajstić information content (AvgIpc) is 2.78. The largest absolute Gasteiger partial charge is 0.410 e. The molecule has 0 fully saturated rings. The lowest BCUT2D eigenvalue weighted by Gasteiger charge is -1.98. The summed E-state index contributed by atoms with van der Waals surface area (Å²) in [4.78, 5) is 0. The molecule has 5 heteroatoms. The average molecular weight is 222 g/mol. The number of hydrogen-bond donors (Lipinski definition) is 1. The number of benzene rings is 1. The summed E-state index contributed by atoms with van der Waals surface area (Å²) in [5, 5.41) is 15.5.